The van der Waals surface area contributed by atoms with Gasteiger partial charge in [0.25, 0.3) is 0 Å². The molecule has 0 aromatic heterocycles. The molecule has 0 spiro atoms. The van der Waals surface area contributed by atoms with Crippen molar-refractivity contribution in [1.29, 1.82) is 0 Å². The minimum Gasteiger partial charge on any atom is -0.0616 e. The summed E-state index contributed by atoms with van der Waals surface area (Å²) in [6, 6.07) is 57.7. The van der Waals surface area contributed by atoms with Gasteiger partial charge in [0.2, 0.25) is 0 Å². The predicted octanol–water partition coefficient (Wildman–Crippen LogP) is 11.3. The van der Waals surface area contributed by atoms with E-state index in [0.717, 1.165) is 0 Å². The molecule has 0 N–H and O–H groups in total. The fourth-order valence-corrected chi connectivity index (χ4v) is 6.38. The first-order valence-electron chi connectivity index (χ1n) is 13.9. The van der Waals surface area contributed by atoms with Gasteiger partial charge in [-0.3, -0.25) is 0 Å². The van der Waals surface area contributed by atoms with Crippen LogP contribution in [0.15, 0.2) is 158 Å². The summed E-state index contributed by atoms with van der Waals surface area (Å²) < 4.78 is 0. The zero-order chi connectivity index (χ0) is 26.5. The van der Waals surface area contributed by atoms with E-state index in [1.807, 2.05) is 0 Å². The average molecular weight is 507 g/mol. The molecule has 0 heteroatoms. The van der Waals surface area contributed by atoms with E-state index in [-0.39, 0.29) is 0 Å². The second-order valence-electron chi connectivity index (χ2n) is 10.5. The standard InChI is InChI=1S/C40H26/c1-2-14-30-25-31(24-23-27(30)11-1)38-26-39(34-21-9-15-28-12-3-5-17-32(28)34)40(37-20-8-7-19-35(37)38)36-22-10-16-29-13-4-6-18-33(29)36/h1-26H. The third-order valence-corrected chi connectivity index (χ3v) is 8.24. The Morgan fingerprint density at radius 3 is 1.50 bits per heavy atom. The molecule has 0 atom stereocenters. The maximum Gasteiger partial charge on any atom is -0.00199 e. The molecule has 0 nitrogen and oxygen atoms in total. The molecule has 8 aromatic carbocycles. The third-order valence-electron chi connectivity index (χ3n) is 8.24. The Morgan fingerprint density at radius 2 is 0.775 bits per heavy atom. The van der Waals surface area contributed by atoms with Gasteiger partial charge in [0.1, 0.15) is 0 Å². The summed E-state index contributed by atoms with van der Waals surface area (Å²) in [6.07, 6.45) is 0. The van der Waals surface area contributed by atoms with Crippen LogP contribution in [0.4, 0.5) is 0 Å². The van der Waals surface area contributed by atoms with Crippen LogP contribution in [-0.2, 0) is 0 Å². The largest absolute Gasteiger partial charge is 0.0616 e. The van der Waals surface area contributed by atoms with Crippen molar-refractivity contribution in [2.45, 2.75) is 0 Å². The van der Waals surface area contributed by atoms with Crippen LogP contribution in [0.3, 0.4) is 0 Å². The van der Waals surface area contributed by atoms with Gasteiger partial charge >= 0.3 is 0 Å². The lowest BCUT2D eigenvalue weighted by atomic mass is 9.83. The van der Waals surface area contributed by atoms with Crippen LogP contribution in [0.2, 0.25) is 0 Å². The summed E-state index contributed by atoms with van der Waals surface area (Å²) >= 11 is 0. The summed E-state index contributed by atoms with van der Waals surface area (Å²) in [4.78, 5) is 0. The molecule has 8 rings (SSSR count). The van der Waals surface area contributed by atoms with Crippen LogP contribution in [0.5, 0.6) is 0 Å². The van der Waals surface area contributed by atoms with Gasteiger partial charge in [0, 0.05) is 0 Å². The summed E-state index contributed by atoms with van der Waals surface area (Å²) in [5, 5.41) is 10.1. The van der Waals surface area contributed by atoms with Crippen molar-refractivity contribution >= 4 is 43.1 Å². The van der Waals surface area contributed by atoms with Gasteiger partial charge in [-0.05, 0) is 88.6 Å². The van der Waals surface area contributed by atoms with Crippen LogP contribution in [0, 0.1) is 0 Å². The minimum atomic E-state index is 1.24. The summed E-state index contributed by atoms with van der Waals surface area (Å²) in [7, 11) is 0. The van der Waals surface area contributed by atoms with Crippen LogP contribution in [0.1, 0.15) is 0 Å². The van der Waals surface area contributed by atoms with Gasteiger partial charge in [0.15, 0.2) is 0 Å². The maximum atomic E-state index is 2.44. The Hall–Kier alpha value is -5.20. The molecule has 0 aliphatic heterocycles. The number of fused-ring (bicyclic) bond motifs is 4. The molecule has 0 saturated carbocycles. The molecule has 0 aliphatic carbocycles. The predicted molar refractivity (Wildman–Crippen MR) is 173 cm³/mol. The number of hydrogen-bond donors (Lipinski definition) is 0. The van der Waals surface area contributed by atoms with Crippen molar-refractivity contribution in [2.24, 2.45) is 0 Å². The van der Waals surface area contributed by atoms with E-state index in [9.17, 15) is 0 Å². The van der Waals surface area contributed by atoms with Crippen molar-refractivity contribution in [3.63, 3.8) is 0 Å². The average Bonchev–Trinajstić information content (AvgIpc) is 3.03. The molecule has 8 aromatic rings. The molecular weight excluding hydrogens is 480 g/mol. The quantitative estimate of drug-likeness (QED) is 0.223. The molecule has 0 bridgehead atoms. The Kier molecular flexibility index (Phi) is 5.24. The van der Waals surface area contributed by atoms with Crippen LogP contribution in [0.25, 0.3) is 76.5 Å². The molecule has 0 aliphatic rings. The van der Waals surface area contributed by atoms with Crippen LogP contribution < -0.4 is 0 Å². The first-order valence-corrected chi connectivity index (χ1v) is 13.9. The first-order chi connectivity index (χ1) is 19.8. The monoisotopic (exact) mass is 506 g/mol. The molecular formula is C40H26. The molecule has 0 fully saturated rings. The van der Waals surface area contributed by atoms with Gasteiger partial charge < -0.3 is 0 Å². The molecule has 0 amide bonds. The Labute approximate surface area is 233 Å². The van der Waals surface area contributed by atoms with Gasteiger partial charge in [-0.25, -0.2) is 0 Å². The van der Waals surface area contributed by atoms with E-state index >= 15 is 0 Å². The highest BCUT2D eigenvalue weighted by molar-refractivity contribution is 6.17. The van der Waals surface area contributed by atoms with Crippen molar-refractivity contribution in [2.75, 3.05) is 0 Å². The zero-order valence-corrected chi connectivity index (χ0v) is 22.0. The highest BCUT2D eigenvalue weighted by atomic mass is 14.2. The number of benzene rings is 8. The van der Waals surface area contributed by atoms with E-state index in [4.69, 9.17) is 0 Å². The van der Waals surface area contributed by atoms with Gasteiger partial charge in [-0.15, -0.1) is 0 Å². The van der Waals surface area contributed by atoms with E-state index in [0.29, 0.717) is 0 Å². The molecule has 0 radical (unpaired) electrons. The second kappa shape index (κ2) is 9.22. The SMILES string of the molecule is c1ccc2cc(-c3cc(-c4cccc5ccccc45)c(-c4cccc5ccccc45)c4ccccc34)ccc2c1. The topological polar surface area (TPSA) is 0 Å². The van der Waals surface area contributed by atoms with Crippen LogP contribution in [-0.4, -0.2) is 0 Å². The van der Waals surface area contributed by atoms with E-state index in [2.05, 4.69) is 158 Å². The van der Waals surface area contributed by atoms with E-state index < -0.39 is 0 Å². The molecule has 0 unspecified atom stereocenters. The molecule has 0 saturated heterocycles. The van der Waals surface area contributed by atoms with Gasteiger partial charge in [-0.1, -0.05) is 146 Å². The lowest BCUT2D eigenvalue weighted by Gasteiger charge is -2.20. The maximum absolute atomic E-state index is 2.44. The van der Waals surface area contributed by atoms with Gasteiger partial charge in [-0.2, -0.15) is 0 Å². The van der Waals surface area contributed by atoms with Crippen molar-refractivity contribution in [1.82, 2.24) is 0 Å². The first kappa shape index (κ1) is 22.8. The normalized spacial score (nSPS) is 11.5. The third kappa shape index (κ3) is 3.61. The highest BCUT2D eigenvalue weighted by Crippen LogP contribution is 2.46. The molecule has 0 heterocycles. The fraction of sp³-hybridized carbons (Fsp3) is 0. The minimum absolute atomic E-state index is 1.24. The van der Waals surface area contributed by atoms with Crippen molar-refractivity contribution in [3.8, 4) is 33.4 Å². The Balaban J connectivity index is 1.54. The fourth-order valence-electron chi connectivity index (χ4n) is 6.38. The van der Waals surface area contributed by atoms with E-state index in [1.54, 1.807) is 0 Å². The molecule has 186 valence electrons. The van der Waals surface area contributed by atoms with Crippen molar-refractivity contribution < 1.29 is 0 Å². The summed E-state index contributed by atoms with van der Waals surface area (Å²) in [6.45, 7) is 0. The molecule has 40 heavy (non-hydrogen) atoms. The highest BCUT2D eigenvalue weighted by Gasteiger charge is 2.19. The van der Waals surface area contributed by atoms with E-state index in [1.165, 1.54) is 76.5 Å². The lowest BCUT2D eigenvalue weighted by Crippen LogP contribution is -1.93. The summed E-state index contributed by atoms with van der Waals surface area (Å²) in [5.74, 6) is 0. The zero-order valence-electron chi connectivity index (χ0n) is 22.0. The van der Waals surface area contributed by atoms with Gasteiger partial charge in [0.05, 0.1) is 0 Å². The Morgan fingerprint density at radius 1 is 0.250 bits per heavy atom. The number of hydrogen-bond acceptors (Lipinski definition) is 0. The Bertz CT molecular complexity index is 2210. The lowest BCUT2D eigenvalue weighted by molar-refractivity contribution is 1.63. The number of rotatable bonds is 3. The van der Waals surface area contributed by atoms with Crippen LogP contribution >= 0.6 is 0 Å². The summed E-state index contributed by atoms with van der Waals surface area (Å²) in [5.41, 5.74) is 7.56. The second-order valence-corrected chi connectivity index (χ2v) is 10.5. The smallest absolute Gasteiger partial charge is 0.00199 e. The van der Waals surface area contributed by atoms with Crippen molar-refractivity contribution in [3.05, 3.63) is 158 Å².